The number of pyridine rings is 1. The van der Waals surface area contributed by atoms with Crippen molar-refractivity contribution < 1.29 is 4.79 Å². The molecule has 3 rings (SSSR count). The summed E-state index contributed by atoms with van der Waals surface area (Å²) < 4.78 is 0. The van der Waals surface area contributed by atoms with Crippen molar-refractivity contribution in [1.29, 1.82) is 0 Å². The van der Waals surface area contributed by atoms with Crippen molar-refractivity contribution in [3.8, 4) is 0 Å². The second kappa shape index (κ2) is 5.59. The Bertz CT molecular complexity index is 626. The van der Waals surface area contributed by atoms with Crippen molar-refractivity contribution in [2.24, 2.45) is 0 Å². The van der Waals surface area contributed by atoms with Gasteiger partial charge in [0.1, 0.15) is 0 Å². The van der Waals surface area contributed by atoms with Gasteiger partial charge in [-0.2, -0.15) is 0 Å². The number of amides is 1. The molecule has 2 heterocycles. The minimum Gasteiger partial charge on any atom is -0.344 e. The molecule has 1 aliphatic heterocycles. The lowest BCUT2D eigenvalue weighted by Gasteiger charge is -2.30. The number of hydrogen-bond acceptors (Lipinski definition) is 3. The summed E-state index contributed by atoms with van der Waals surface area (Å²) in [6.07, 6.45) is 5.29. The van der Waals surface area contributed by atoms with Crippen LogP contribution in [-0.4, -0.2) is 35.4 Å². The summed E-state index contributed by atoms with van der Waals surface area (Å²) in [6, 6.07) is 8.86. The number of hydrogen-bond donors (Lipinski definition) is 1. The first kappa shape index (κ1) is 13.1. The van der Waals surface area contributed by atoms with E-state index in [4.69, 9.17) is 0 Å². The van der Waals surface area contributed by atoms with Gasteiger partial charge >= 0.3 is 0 Å². The van der Waals surface area contributed by atoms with Crippen molar-refractivity contribution in [3.63, 3.8) is 0 Å². The molecule has 1 saturated heterocycles. The lowest BCUT2D eigenvalue weighted by atomic mass is 10.0. The second-order valence-electron chi connectivity index (χ2n) is 5.45. The maximum atomic E-state index is 11.5. The number of nitrogens with zero attached hydrogens (tertiary/aromatic N) is 2. The van der Waals surface area contributed by atoms with E-state index in [1.54, 1.807) is 0 Å². The molecule has 20 heavy (non-hydrogen) atoms. The van der Waals surface area contributed by atoms with Crippen molar-refractivity contribution in [1.82, 2.24) is 15.2 Å². The smallest absolute Gasteiger partial charge is 0.222 e. The molecule has 1 N–H and O–H groups in total. The van der Waals surface area contributed by atoms with Gasteiger partial charge in [0.15, 0.2) is 0 Å². The quantitative estimate of drug-likeness (QED) is 0.926. The standard InChI is InChI=1S/C16H19N3O/c1-19-11-15(4-5-16(19)20)18-9-12-2-3-14-10-17-7-6-13(14)8-12/h2-3,6-8,10,15,18H,4-5,9,11H2,1H3. The Morgan fingerprint density at radius 3 is 3.10 bits per heavy atom. The first-order valence-corrected chi connectivity index (χ1v) is 7.02. The minimum absolute atomic E-state index is 0.251. The molecule has 104 valence electrons. The highest BCUT2D eigenvalue weighted by Crippen LogP contribution is 2.15. The highest BCUT2D eigenvalue weighted by molar-refractivity contribution is 5.82. The number of benzene rings is 1. The summed E-state index contributed by atoms with van der Waals surface area (Å²) in [5.41, 5.74) is 1.27. The molecule has 1 unspecified atom stereocenters. The first-order valence-electron chi connectivity index (χ1n) is 7.02. The van der Waals surface area contributed by atoms with E-state index in [2.05, 4.69) is 28.5 Å². The van der Waals surface area contributed by atoms with Gasteiger partial charge in [-0.3, -0.25) is 9.78 Å². The fourth-order valence-electron chi connectivity index (χ4n) is 2.68. The molecule has 4 heteroatoms. The van der Waals surface area contributed by atoms with Gasteiger partial charge in [0.2, 0.25) is 5.91 Å². The van der Waals surface area contributed by atoms with Crippen LogP contribution in [0.2, 0.25) is 0 Å². The Morgan fingerprint density at radius 2 is 2.25 bits per heavy atom. The number of aromatic nitrogens is 1. The minimum atomic E-state index is 0.251. The zero-order chi connectivity index (χ0) is 13.9. The van der Waals surface area contributed by atoms with Gasteiger partial charge in [-0.05, 0) is 29.5 Å². The molecule has 0 bridgehead atoms. The van der Waals surface area contributed by atoms with Crippen LogP contribution >= 0.6 is 0 Å². The fraction of sp³-hybridized carbons (Fsp3) is 0.375. The van der Waals surface area contributed by atoms with Gasteiger partial charge in [-0.1, -0.05) is 12.1 Å². The zero-order valence-corrected chi connectivity index (χ0v) is 11.7. The lowest BCUT2D eigenvalue weighted by Crippen LogP contribution is -2.46. The number of rotatable bonds is 3. The Morgan fingerprint density at radius 1 is 1.35 bits per heavy atom. The molecule has 1 aliphatic rings. The van der Waals surface area contributed by atoms with E-state index in [0.29, 0.717) is 12.5 Å². The highest BCUT2D eigenvalue weighted by atomic mass is 16.2. The third-order valence-electron chi connectivity index (χ3n) is 3.93. The van der Waals surface area contributed by atoms with Gasteiger partial charge in [0, 0.05) is 50.4 Å². The summed E-state index contributed by atoms with van der Waals surface area (Å²) >= 11 is 0. The molecule has 1 amide bonds. The van der Waals surface area contributed by atoms with E-state index in [-0.39, 0.29) is 5.91 Å². The van der Waals surface area contributed by atoms with Crippen LogP contribution in [0.3, 0.4) is 0 Å². The third-order valence-corrected chi connectivity index (χ3v) is 3.93. The fourth-order valence-corrected chi connectivity index (χ4v) is 2.68. The summed E-state index contributed by atoms with van der Waals surface area (Å²) in [7, 11) is 1.87. The Hall–Kier alpha value is -1.94. The molecule has 1 aromatic heterocycles. The molecule has 0 spiro atoms. The van der Waals surface area contributed by atoms with E-state index in [0.717, 1.165) is 19.5 Å². The Balaban J connectivity index is 1.63. The third kappa shape index (κ3) is 2.80. The van der Waals surface area contributed by atoms with E-state index in [9.17, 15) is 4.79 Å². The van der Waals surface area contributed by atoms with Gasteiger partial charge in [0.25, 0.3) is 0 Å². The van der Waals surface area contributed by atoms with E-state index in [1.165, 1.54) is 16.3 Å². The maximum absolute atomic E-state index is 11.5. The number of carbonyl (C=O) groups is 1. The SMILES string of the molecule is CN1CC(NCc2ccc3cnccc3c2)CCC1=O. The van der Waals surface area contributed by atoms with Crippen molar-refractivity contribution in [2.75, 3.05) is 13.6 Å². The number of carbonyl (C=O) groups excluding carboxylic acids is 1. The summed E-state index contributed by atoms with van der Waals surface area (Å²) in [5, 5.41) is 5.93. The predicted molar refractivity (Wildman–Crippen MR) is 79.2 cm³/mol. The van der Waals surface area contributed by atoms with Crippen molar-refractivity contribution in [2.45, 2.75) is 25.4 Å². The molecular weight excluding hydrogens is 250 g/mol. The van der Waals surface area contributed by atoms with Crippen LogP contribution in [0.4, 0.5) is 0 Å². The normalized spacial score (nSPS) is 19.6. The molecule has 0 aliphatic carbocycles. The van der Waals surface area contributed by atoms with Gasteiger partial charge in [0.05, 0.1) is 0 Å². The molecule has 1 fully saturated rings. The number of nitrogens with one attached hydrogen (secondary N) is 1. The number of piperidine rings is 1. The number of fused-ring (bicyclic) bond motifs is 1. The van der Waals surface area contributed by atoms with Crippen molar-refractivity contribution >= 4 is 16.7 Å². The summed E-state index contributed by atoms with van der Waals surface area (Å²) in [6.45, 7) is 1.64. The molecule has 1 atom stereocenters. The monoisotopic (exact) mass is 269 g/mol. The lowest BCUT2D eigenvalue weighted by molar-refractivity contribution is -0.132. The molecule has 4 nitrogen and oxygen atoms in total. The van der Waals surface area contributed by atoms with Crippen LogP contribution < -0.4 is 5.32 Å². The van der Waals surface area contributed by atoms with Crippen LogP contribution in [0.5, 0.6) is 0 Å². The van der Waals surface area contributed by atoms with Gasteiger partial charge < -0.3 is 10.2 Å². The largest absolute Gasteiger partial charge is 0.344 e. The van der Waals surface area contributed by atoms with Crippen molar-refractivity contribution in [3.05, 3.63) is 42.2 Å². The van der Waals surface area contributed by atoms with Gasteiger partial charge in [-0.25, -0.2) is 0 Å². The molecule has 2 aromatic rings. The van der Waals surface area contributed by atoms with E-state index < -0.39 is 0 Å². The van der Waals surface area contributed by atoms with Crippen LogP contribution in [0, 0.1) is 0 Å². The van der Waals surface area contributed by atoms with Crippen LogP contribution in [0.25, 0.3) is 10.8 Å². The second-order valence-corrected chi connectivity index (χ2v) is 5.45. The summed E-state index contributed by atoms with van der Waals surface area (Å²) in [4.78, 5) is 17.4. The topological polar surface area (TPSA) is 45.2 Å². The number of likely N-dealkylation sites (tertiary alicyclic amines) is 1. The predicted octanol–water partition coefficient (Wildman–Crippen LogP) is 1.95. The Kier molecular flexibility index (Phi) is 3.65. The molecule has 0 radical (unpaired) electrons. The van der Waals surface area contributed by atoms with E-state index >= 15 is 0 Å². The highest BCUT2D eigenvalue weighted by Gasteiger charge is 2.22. The van der Waals surface area contributed by atoms with Gasteiger partial charge in [-0.15, -0.1) is 0 Å². The van der Waals surface area contributed by atoms with Crippen LogP contribution in [0.15, 0.2) is 36.7 Å². The summed E-state index contributed by atoms with van der Waals surface area (Å²) in [5.74, 6) is 0.251. The average Bonchev–Trinajstić information content (AvgIpc) is 2.48. The van der Waals surface area contributed by atoms with E-state index in [1.807, 2.05) is 30.4 Å². The molecule has 1 aromatic carbocycles. The van der Waals surface area contributed by atoms with Crippen LogP contribution in [0.1, 0.15) is 18.4 Å². The maximum Gasteiger partial charge on any atom is 0.222 e. The van der Waals surface area contributed by atoms with Crippen LogP contribution in [-0.2, 0) is 11.3 Å². The first-order chi connectivity index (χ1) is 9.72. The average molecular weight is 269 g/mol. The zero-order valence-electron chi connectivity index (χ0n) is 11.7. The molecule has 0 saturated carbocycles. The Labute approximate surface area is 118 Å². The number of likely N-dealkylation sites (N-methyl/N-ethyl adjacent to an activating group) is 1. The molecular formula is C16H19N3O.